The first-order valence-electron chi connectivity index (χ1n) is 3.81. The molecule has 0 spiro atoms. The van der Waals surface area contributed by atoms with Gasteiger partial charge in [-0.05, 0) is 23.7 Å². The third-order valence-electron chi connectivity index (χ3n) is 1.97. The molecule has 3 nitrogen and oxygen atoms in total. The number of imidazole rings is 1. The van der Waals surface area contributed by atoms with Crippen LogP contribution in [-0.4, -0.2) is 14.0 Å². The molecule has 0 aliphatic rings. The van der Waals surface area contributed by atoms with Crippen molar-refractivity contribution in [3.05, 3.63) is 28.1 Å². The van der Waals surface area contributed by atoms with Crippen LogP contribution in [0.2, 0.25) is 0 Å². The zero-order valence-corrected chi connectivity index (χ0v) is 8.15. The van der Waals surface area contributed by atoms with Crippen LogP contribution in [0.25, 0.3) is 16.7 Å². The Hall–Kier alpha value is -1.20. The number of para-hydroxylation sites is 2. The molecule has 3 rings (SSSR count). The molecule has 2 heterocycles. The average Bonchev–Trinajstić information content (AvgIpc) is 2.67. The minimum Gasteiger partial charge on any atom is -0.245 e. The first-order chi connectivity index (χ1) is 6.36. The fraction of sp³-hybridized carbons (Fsp3) is 0. The van der Waals surface area contributed by atoms with Gasteiger partial charge in [0.2, 0.25) is 0 Å². The SMILES string of the molecule is S=c1s[nH]n2c1nc1ccccc12. The van der Waals surface area contributed by atoms with Gasteiger partial charge in [-0.1, -0.05) is 24.4 Å². The molecule has 0 fully saturated rings. The van der Waals surface area contributed by atoms with E-state index in [0.29, 0.717) is 0 Å². The fourth-order valence-electron chi connectivity index (χ4n) is 1.39. The summed E-state index contributed by atoms with van der Waals surface area (Å²) < 4.78 is 5.82. The average molecular weight is 207 g/mol. The Labute approximate surface area is 82.8 Å². The van der Waals surface area contributed by atoms with Crippen LogP contribution >= 0.6 is 23.8 Å². The highest BCUT2D eigenvalue weighted by Crippen LogP contribution is 2.17. The van der Waals surface area contributed by atoms with Gasteiger partial charge in [-0.3, -0.25) is 0 Å². The molecule has 0 amide bonds. The summed E-state index contributed by atoms with van der Waals surface area (Å²) in [6.45, 7) is 0. The minimum absolute atomic E-state index is 0.802. The van der Waals surface area contributed by atoms with Gasteiger partial charge in [0, 0.05) is 0 Å². The van der Waals surface area contributed by atoms with Crippen molar-refractivity contribution in [2.45, 2.75) is 0 Å². The van der Waals surface area contributed by atoms with Gasteiger partial charge >= 0.3 is 0 Å². The summed E-state index contributed by atoms with van der Waals surface area (Å²) in [5.41, 5.74) is 2.90. The number of rotatable bonds is 0. The fourth-order valence-corrected chi connectivity index (χ4v) is 2.22. The summed E-state index contributed by atoms with van der Waals surface area (Å²) in [7, 11) is 0. The summed E-state index contributed by atoms with van der Waals surface area (Å²) in [6.07, 6.45) is 0. The van der Waals surface area contributed by atoms with Gasteiger partial charge in [-0.2, -0.15) is 0 Å². The molecule has 0 bridgehead atoms. The van der Waals surface area contributed by atoms with Crippen LogP contribution in [0.3, 0.4) is 0 Å². The highest BCUT2D eigenvalue weighted by Gasteiger charge is 2.05. The number of hydrogen-bond donors (Lipinski definition) is 1. The van der Waals surface area contributed by atoms with Crippen molar-refractivity contribution in [1.82, 2.24) is 14.0 Å². The van der Waals surface area contributed by atoms with Crippen LogP contribution in [0.15, 0.2) is 24.3 Å². The number of aromatic nitrogens is 3. The number of nitrogens with zero attached hydrogens (tertiary/aromatic N) is 2. The molecular formula is C8H5N3S2. The van der Waals surface area contributed by atoms with E-state index in [1.807, 2.05) is 28.8 Å². The molecule has 2 aromatic heterocycles. The Kier molecular flexibility index (Phi) is 1.33. The van der Waals surface area contributed by atoms with Crippen molar-refractivity contribution in [2.24, 2.45) is 0 Å². The normalized spacial score (nSPS) is 11.4. The van der Waals surface area contributed by atoms with E-state index in [9.17, 15) is 0 Å². The maximum atomic E-state index is 5.13. The maximum absolute atomic E-state index is 5.13. The van der Waals surface area contributed by atoms with E-state index >= 15 is 0 Å². The highest BCUT2D eigenvalue weighted by atomic mass is 32.2. The van der Waals surface area contributed by atoms with Crippen LogP contribution in [0.5, 0.6) is 0 Å². The number of aromatic amines is 1. The van der Waals surface area contributed by atoms with Crippen LogP contribution in [0.4, 0.5) is 0 Å². The summed E-state index contributed by atoms with van der Waals surface area (Å²) in [6, 6.07) is 7.97. The first-order valence-corrected chi connectivity index (χ1v) is 5.03. The number of H-pyrrole nitrogens is 1. The van der Waals surface area contributed by atoms with Crippen molar-refractivity contribution < 1.29 is 0 Å². The van der Waals surface area contributed by atoms with Crippen molar-refractivity contribution in [3.8, 4) is 0 Å². The van der Waals surface area contributed by atoms with E-state index < -0.39 is 0 Å². The topological polar surface area (TPSA) is 33.1 Å². The molecule has 5 heteroatoms. The lowest BCUT2D eigenvalue weighted by Crippen LogP contribution is -1.79. The molecular weight excluding hydrogens is 202 g/mol. The molecule has 0 aliphatic carbocycles. The Morgan fingerprint density at radius 2 is 2.23 bits per heavy atom. The molecule has 1 N–H and O–H groups in total. The van der Waals surface area contributed by atoms with E-state index in [4.69, 9.17) is 12.2 Å². The lowest BCUT2D eigenvalue weighted by molar-refractivity contribution is 1.06. The van der Waals surface area contributed by atoms with Crippen molar-refractivity contribution in [3.63, 3.8) is 0 Å². The van der Waals surface area contributed by atoms with E-state index in [1.165, 1.54) is 11.5 Å². The van der Waals surface area contributed by atoms with Crippen molar-refractivity contribution in [2.75, 3.05) is 0 Å². The Morgan fingerprint density at radius 1 is 1.38 bits per heavy atom. The van der Waals surface area contributed by atoms with Crippen LogP contribution in [0, 0.1) is 3.82 Å². The van der Waals surface area contributed by atoms with Crippen LogP contribution in [-0.2, 0) is 0 Å². The first kappa shape index (κ1) is 7.23. The lowest BCUT2D eigenvalue weighted by atomic mass is 10.3. The molecule has 13 heavy (non-hydrogen) atoms. The maximum Gasteiger partial charge on any atom is 0.183 e. The van der Waals surface area contributed by atoms with E-state index in [-0.39, 0.29) is 0 Å². The zero-order chi connectivity index (χ0) is 8.84. The molecule has 0 radical (unpaired) electrons. The second-order valence-corrected chi connectivity index (χ2v) is 4.20. The summed E-state index contributed by atoms with van der Waals surface area (Å²) >= 11 is 6.56. The second-order valence-electron chi connectivity index (χ2n) is 2.74. The standard InChI is InChI=1S/C8H5N3S2/c12-8-7-9-5-3-1-2-4-6(5)11(7)10-13-8/h1-4,10H. The molecule has 3 aromatic rings. The molecule has 0 atom stereocenters. The predicted octanol–water partition coefficient (Wildman–Crippen LogP) is 2.61. The third-order valence-corrected chi connectivity index (χ3v) is 3.05. The van der Waals surface area contributed by atoms with Crippen molar-refractivity contribution in [1.29, 1.82) is 0 Å². The Bertz CT molecular complexity index is 631. The number of hydrogen-bond acceptors (Lipinski definition) is 3. The minimum atomic E-state index is 0.802. The zero-order valence-electron chi connectivity index (χ0n) is 6.52. The third kappa shape index (κ3) is 0.882. The van der Waals surface area contributed by atoms with Gasteiger partial charge in [0.15, 0.2) is 9.47 Å². The summed E-state index contributed by atoms with van der Waals surface area (Å²) in [4.78, 5) is 4.41. The molecule has 1 aromatic carbocycles. The smallest absolute Gasteiger partial charge is 0.183 e. The monoisotopic (exact) mass is 207 g/mol. The summed E-state index contributed by atoms with van der Waals surface area (Å²) in [5.74, 6) is 0. The molecule has 0 unspecified atom stereocenters. The van der Waals surface area contributed by atoms with Gasteiger partial charge < -0.3 is 0 Å². The van der Waals surface area contributed by atoms with Crippen LogP contribution < -0.4 is 0 Å². The van der Waals surface area contributed by atoms with Gasteiger partial charge in [0.25, 0.3) is 0 Å². The Morgan fingerprint density at radius 3 is 3.15 bits per heavy atom. The van der Waals surface area contributed by atoms with E-state index in [2.05, 4.69) is 9.47 Å². The second kappa shape index (κ2) is 2.40. The number of fused-ring (bicyclic) bond motifs is 3. The van der Waals surface area contributed by atoms with Crippen molar-refractivity contribution >= 4 is 40.4 Å². The quantitative estimate of drug-likeness (QED) is 0.575. The summed E-state index contributed by atoms with van der Waals surface area (Å²) in [5, 5.41) is 0. The number of nitrogens with one attached hydrogen (secondary N) is 1. The van der Waals surface area contributed by atoms with Gasteiger partial charge in [0.1, 0.15) is 0 Å². The molecule has 64 valence electrons. The molecule has 0 saturated carbocycles. The largest absolute Gasteiger partial charge is 0.245 e. The molecule has 0 saturated heterocycles. The van der Waals surface area contributed by atoms with E-state index in [0.717, 1.165) is 20.5 Å². The highest BCUT2D eigenvalue weighted by molar-refractivity contribution is 7.73. The predicted molar refractivity (Wildman–Crippen MR) is 55.8 cm³/mol. The van der Waals surface area contributed by atoms with Crippen LogP contribution in [0.1, 0.15) is 0 Å². The number of benzene rings is 1. The van der Waals surface area contributed by atoms with Gasteiger partial charge in [0.05, 0.1) is 11.0 Å². The lowest BCUT2D eigenvalue weighted by Gasteiger charge is -1.86. The Balaban J connectivity index is 2.72. The van der Waals surface area contributed by atoms with Gasteiger partial charge in [-0.15, -0.1) is 0 Å². The molecule has 0 aliphatic heterocycles. The van der Waals surface area contributed by atoms with Gasteiger partial charge in [-0.25, -0.2) is 14.0 Å². The van der Waals surface area contributed by atoms with E-state index in [1.54, 1.807) is 0 Å².